The lowest BCUT2D eigenvalue weighted by Gasteiger charge is -1.99. The minimum absolute atomic E-state index is 0.181. The van der Waals surface area contributed by atoms with Crippen molar-refractivity contribution in [1.82, 2.24) is 0 Å². The van der Waals surface area contributed by atoms with E-state index < -0.39 is 4.92 Å². The maximum atomic E-state index is 10.8. The third kappa shape index (κ3) is 1.53. The van der Waals surface area contributed by atoms with Gasteiger partial charge in [0.2, 0.25) is 0 Å². The second kappa shape index (κ2) is 3.06. The minimum atomic E-state index is -0.589. The summed E-state index contributed by atoms with van der Waals surface area (Å²) >= 11 is 3.04. The van der Waals surface area contributed by atoms with Gasteiger partial charge in [-0.2, -0.15) is 4.73 Å². The van der Waals surface area contributed by atoms with Crippen molar-refractivity contribution in [2.45, 2.75) is 6.92 Å². The van der Waals surface area contributed by atoms with Crippen molar-refractivity contribution in [2.24, 2.45) is 0 Å². The van der Waals surface area contributed by atoms with Crippen LogP contribution in [0.25, 0.3) is 0 Å². The predicted molar refractivity (Wildman–Crippen MR) is 44.5 cm³/mol. The van der Waals surface area contributed by atoms with E-state index in [9.17, 15) is 15.3 Å². The number of hydrogen-bond donors (Lipinski definition) is 0. The zero-order valence-corrected chi connectivity index (χ0v) is 7.74. The molecule has 1 aromatic heterocycles. The molecule has 0 saturated heterocycles. The lowest BCUT2D eigenvalue weighted by atomic mass is 10.3. The van der Waals surface area contributed by atoms with E-state index in [4.69, 9.17) is 0 Å². The van der Waals surface area contributed by atoms with Crippen molar-refractivity contribution in [1.29, 1.82) is 0 Å². The number of nitrogens with zero attached hydrogens (tertiary/aromatic N) is 2. The highest BCUT2D eigenvalue weighted by atomic mass is 79.9. The fourth-order valence-electron chi connectivity index (χ4n) is 0.770. The van der Waals surface area contributed by atoms with Gasteiger partial charge in [-0.1, -0.05) is 0 Å². The third-order valence-corrected chi connectivity index (χ3v) is 2.23. The molecule has 0 bridgehead atoms. The first kappa shape index (κ1) is 8.92. The zero-order chi connectivity index (χ0) is 9.30. The standard InChI is InChI=1S/C6H5BrN2O3/c1-4-5(7)2-8(10)3-6(4)9(11)12/h2-3H,1H3. The van der Waals surface area contributed by atoms with Crippen molar-refractivity contribution in [2.75, 3.05) is 0 Å². The van der Waals surface area contributed by atoms with Gasteiger partial charge in [0.1, 0.15) is 0 Å². The van der Waals surface area contributed by atoms with Crippen molar-refractivity contribution >= 4 is 21.6 Å². The highest BCUT2D eigenvalue weighted by Gasteiger charge is 2.17. The highest BCUT2D eigenvalue weighted by molar-refractivity contribution is 9.10. The molecule has 5 nitrogen and oxygen atoms in total. The Labute approximate surface area is 76.5 Å². The van der Waals surface area contributed by atoms with Crippen molar-refractivity contribution in [3.05, 3.63) is 37.8 Å². The molecule has 0 fully saturated rings. The van der Waals surface area contributed by atoms with Crippen LogP contribution in [-0.2, 0) is 0 Å². The van der Waals surface area contributed by atoms with Crippen LogP contribution in [0.4, 0.5) is 5.69 Å². The van der Waals surface area contributed by atoms with E-state index in [1.807, 2.05) is 0 Å². The molecule has 0 spiro atoms. The molecule has 64 valence electrons. The molecule has 0 radical (unpaired) electrons. The fourth-order valence-corrected chi connectivity index (χ4v) is 1.17. The molecule has 1 aromatic rings. The van der Waals surface area contributed by atoms with Gasteiger partial charge in [-0.25, -0.2) is 0 Å². The summed E-state index contributed by atoms with van der Waals surface area (Å²) < 4.78 is 0.835. The number of pyridine rings is 1. The Morgan fingerprint density at radius 2 is 2.17 bits per heavy atom. The SMILES string of the molecule is Cc1c(Br)c[n+]([O-])cc1[N+](=O)[O-]. The largest absolute Gasteiger partial charge is 0.618 e. The Balaban J connectivity index is 3.37. The van der Waals surface area contributed by atoms with Crippen LogP contribution in [-0.4, -0.2) is 4.92 Å². The van der Waals surface area contributed by atoms with E-state index in [0.717, 1.165) is 6.20 Å². The van der Waals surface area contributed by atoms with E-state index in [0.29, 0.717) is 14.8 Å². The molecular formula is C6H5BrN2O3. The van der Waals surface area contributed by atoms with E-state index in [2.05, 4.69) is 15.9 Å². The maximum Gasteiger partial charge on any atom is 0.337 e. The normalized spacial score (nSPS) is 9.83. The second-order valence-corrected chi connectivity index (χ2v) is 3.09. The molecule has 1 heterocycles. The van der Waals surface area contributed by atoms with E-state index in [1.165, 1.54) is 6.20 Å². The molecule has 12 heavy (non-hydrogen) atoms. The Morgan fingerprint density at radius 3 is 2.67 bits per heavy atom. The van der Waals surface area contributed by atoms with Gasteiger partial charge in [-0.05, 0) is 22.9 Å². The van der Waals surface area contributed by atoms with Crippen LogP contribution in [0.3, 0.4) is 0 Å². The molecule has 0 unspecified atom stereocenters. The van der Waals surface area contributed by atoms with Gasteiger partial charge in [-0.15, -0.1) is 0 Å². The summed E-state index contributed by atoms with van der Waals surface area (Å²) in [5.41, 5.74) is 0.270. The topological polar surface area (TPSA) is 70.1 Å². The highest BCUT2D eigenvalue weighted by Crippen LogP contribution is 2.22. The van der Waals surface area contributed by atoms with Gasteiger partial charge >= 0.3 is 5.69 Å². The molecule has 0 saturated carbocycles. The first-order valence-electron chi connectivity index (χ1n) is 3.05. The maximum absolute atomic E-state index is 10.8. The smallest absolute Gasteiger partial charge is 0.337 e. The number of halogens is 1. The first-order chi connectivity index (χ1) is 5.52. The van der Waals surface area contributed by atoms with Crippen molar-refractivity contribution in [3.63, 3.8) is 0 Å². The van der Waals surface area contributed by atoms with Crippen molar-refractivity contribution in [3.8, 4) is 0 Å². The third-order valence-electron chi connectivity index (χ3n) is 1.43. The molecule has 0 atom stereocenters. The summed E-state index contributed by atoms with van der Waals surface area (Å²) in [5, 5.41) is 21.1. The Hall–Kier alpha value is -1.17. The Kier molecular flexibility index (Phi) is 2.27. The molecule has 1 rings (SSSR count). The average molecular weight is 233 g/mol. The summed E-state index contributed by atoms with van der Waals surface area (Å²) in [6, 6.07) is 0. The molecule has 0 aromatic carbocycles. The summed E-state index contributed by atoms with van der Waals surface area (Å²) in [6.45, 7) is 1.57. The molecule has 0 N–H and O–H groups in total. The quantitative estimate of drug-likeness (QED) is 0.317. The van der Waals surface area contributed by atoms with Gasteiger partial charge in [0.15, 0.2) is 6.20 Å². The fraction of sp³-hybridized carbons (Fsp3) is 0.167. The number of aromatic nitrogens is 1. The van der Waals surface area contributed by atoms with Crippen LogP contribution >= 0.6 is 15.9 Å². The first-order valence-corrected chi connectivity index (χ1v) is 3.85. The van der Waals surface area contributed by atoms with Gasteiger partial charge < -0.3 is 5.21 Å². The summed E-state index contributed by atoms with van der Waals surface area (Å²) in [5.74, 6) is 0. The van der Waals surface area contributed by atoms with Gasteiger partial charge in [0, 0.05) is 0 Å². The average Bonchev–Trinajstić information content (AvgIpc) is 1.96. The van der Waals surface area contributed by atoms with E-state index in [-0.39, 0.29) is 5.69 Å². The monoisotopic (exact) mass is 232 g/mol. The van der Waals surface area contributed by atoms with Gasteiger partial charge in [-0.3, -0.25) is 10.1 Å². The second-order valence-electron chi connectivity index (χ2n) is 2.23. The Bertz CT molecular complexity index is 340. The van der Waals surface area contributed by atoms with Crippen LogP contribution in [0.2, 0.25) is 0 Å². The van der Waals surface area contributed by atoms with Crippen molar-refractivity contribution < 1.29 is 9.65 Å². The molecule has 0 aliphatic rings. The summed E-state index contributed by atoms with van der Waals surface area (Å²) in [7, 11) is 0. The van der Waals surface area contributed by atoms with Gasteiger partial charge in [0.05, 0.1) is 15.0 Å². The zero-order valence-electron chi connectivity index (χ0n) is 6.15. The lowest BCUT2D eigenvalue weighted by molar-refractivity contribution is -0.610. The van der Waals surface area contributed by atoms with Crippen LogP contribution < -0.4 is 4.73 Å². The lowest BCUT2D eigenvalue weighted by Crippen LogP contribution is -2.25. The molecular weight excluding hydrogens is 228 g/mol. The Morgan fingerprint density at radius 1 is 1.58 bits per heavy atom. The molecule has 0 aliphatic heterocycles. The van der Waals surface area contributed by atoms with Gasteiger partial charge in [0.25, 0.3) is 6.20 Å². The van der Waals surface area contributed by atoms with Crippen LogP contribution in [0.1, 0.15) is 5.56 Å². The number of nitro groups is 1. The van der Waals surface area contributed by atoms with E-state index >= 15 is 0 Å². The van der Waals surface area contributed by atoms with Crippen LogP contribution in [0, 0.1) is 22.2 Å². The van der Waals surface area contributed by atoms with E-state index in [1.54, 1.807) is 6.92 Å². The summed E-state index contributed by atoms with van der Waals surface area (Å²) in [4.78, 5) is 9.77. The minimum Gasteiger partial charge on any atom is -0.618 e. The van der Waals surface area contributed by atoms with Crippen LogP contribution in [0.15, 0.2) is 16.9 Å². The molecule has 6 heteroatoms. The predicted octanol–water partition coefficient (Wildman–Crippen LogP) is 1.30. The number of hydrogen-bond acceptors (Lipinski definition) is 3. The number of rotatable bonds is 1. The molecule has 0 amide bonds. The summed E-state index contributed by atoms with van der Waals surface area (Å²) in [6.07, 6.45) is 2.16. The molecule has 0 aliphatic carbocycles. The van der Waals surface area contributed by atoms with Crippen LogP contribution in [0.5, 0.6) is 0 Å².